The average molecular weight is 282 g/mol. The van der Waals surface area contributed by atoms with Crippen molar-refractivity contribution >= 4 is 11.5 Å². The highest BCUT2D eigenvalue weighted by Gasteiger charge is 2.25. The number of nitrogens with zero attached hydrogens (tertiary/aromatic N) is 3. The van der Waals surface area contributed by atoms with Crippen molar-refractivity contribution in [1.82, 2.24) is 9.97 Å². The van der Waals surface area contributed by atoms with E-state index in [9.17, 15) is 0 Å². The topological polar surface area (TPSA) is 41.1 Å². The van der Waals surface area contributed by atoms with E-state index in [1.165, 1.54) is 11.3 Å². The SMILES string of the molecule is CCCNc1cnc(CN2c3ccccc3CC2C)cn1. The van der Waals surface area contributed by atoms with Crippen molar-refractivity contribution in [3.63, 3.8) is 0 Å². The van der Waals surface area contributed by atoms with Crippen molar-refractivity contribution < 1.29 is 0 Å². The monoisotopic (exact) mass is 282 g/mol. The molecule has 0 saturated carbocycles. The minimum absolute atomic E-state index is 0.516. The van der Waals surface area contributed by atoms with Crippen LogP contribution >= 0.6 is 0 Å². The van der Waals surface area contributed by atoms with Gasteiger partial charge in [0.15, 0.2) is 0 Å². The second-order valence-corrected chi connectivity index (χ2v) is 5.63. The fourth-order valence-corrected chi connectivity index (χ4v) is 2.83. The molecule has 2 aromatic rings. The Morgan fingerprint density at radius 1 is 1.24 bits per heavy atom. The highest BCUT2D eigenvalue weighted by atomic mass is 15.2. The van der Waals surface area contributed by atoms with Gasteiger partial charge < -0.3 is 10.2 Å². The van der Waals surface area contributed by atoms with Crippen molar-refractivity contribution in [2.24, 2.45) is 0 Å². The van der Waals surface area contributed by atoms with Crippen LogP contribution in [0.5, 0.6) is 0 Å². The maximum absolute atomic E-state index is 4.54. The summed E-state index contributed by atoms with van der Waals surface area (Å²) in [6, 6.07) is 9.15. The molecule has 4 nitrogen and oxygen atoms in total. The van der Waals surface area contributed by atoms with Gasteiger partial charge in [0.25, 0.3) is 0 Å². The van der Waals surface area contributed by atoms with Crippen molar-refractivity contribution in [2.45, 2.75) is 39.3 Å². The van der Waals surface area contributed by atoms with E-state index in [0.717, 1.165) is 37.4 Å². The minimum Gasteiger partial charge on any atom is -0.369 e. The van der Waals surface area contributed by atoms with Crippen molar-refractivity contribution in [1.29, 1.82) is 0 Å². The van der Waals surface area contributed by atoms with Gasteiger partial charge in [-0.3, -0.25) is 4.98 Å². The number of aromatic nitrogens is 2. The molecule has 4 heteroatoms. The van der Waals surface area contributed by atoms with E-state index in [-0.39, 0.29) is 0 Å². The van der Waals surface area contributed by atoms with Gasteiger partial charge in [-0.15, -0.1) is 0 Å². The molecule has 0 amide bonds. The number of fused-ring (bicyclic) bond motifs is 1. The molecule has 1 aromatic carbocycles. The van der Waals surface area contributed by atoms with Crippen LogP contribution in [0.1, 0.15) is 31.5 Å². The lowest BCUT2D eigenvalue weighted by Crippen LogP contribution is -2.29. The molecular weight excluding hydrogens is 260 g/mol. The fourth-order valence-electron chi connectivity index (χ4n) is 2.83. The predicted molar refractivity (Wildman–Crippen MR) is 86.6 cm³/mol. The molecule has 3 rings (SSSR count). The number of para-hydroxylation sites is 1. The summed E-state index contributed by atoms with van der Waals surface area (Å²) in [5, 5.41) is 3.25. The summed E-state index contributed by atoms with van der Waals surface area (Å²) in [4.78, 5) is 11.4. The Morgan fingerprint density at radius 3 is 2.86 bits per heavy atom. The van der Waals surface area contributed by atoms with Gasteiger partial charge in [0.2, 0.25) is 0 Å². The Balaban J connectivity index is 1.72. The number of rotatable bonds is 5. The number of nitrogens with one attached hydrogen (secondary N) is 1. The van der Waals surface area contributed by atoms with E-state index < -0.39 is 0 Å². The van der Waals surface area contributed by atoms with Crippen molar-refractivity contribution in [2.75, 3.05) is 16.8 Å². The maximum Gasteiger partial charge on any atom is 0.144 e. The Hall–Kier alpha value is -2.10. The van der Waals surface area contributed by atoms with Gasteiger partial charge in [-0.1, -0.05) is 25.1 Å². The molecule has 1 atom stereocenters. The molecule has 0 bridgehead atoms. The summed E-state index contributed by atoms with van der Waals surface area (Å²) >= 11 is 0. The molecule has 0 saturated heterocycles. The zero-order valence-electron chi connectivity index (χ0n) is 12.7. The highest BCUT2D eigenvalue weighted by Crippen LogP contribution is 2.32. The van der Waals surface area contributed by atoms with Crippen LogP contribution in [0.3, 0.4) is 0 Å². The smallest absolute Gasteiger partial charge is 0.144 e. The summed E-state index contributed by atoms with van der Waals surface area (Å²) in [5.74, 6) is 0.857. The molecule has 0 fully saturated rings. The minimum atomic E-state index is 0.516. The fraction of sp³-hybridized carbons (Fsp3) is 0.412. The molecule has 1 N–H and O–H groups in total. The van der Waals surface area contributed by atoms with Crippen LogP contribution in [0.2, 0.25) is 0 Å². The first kappa shape index (κ1) is 13.9. The Labute approximate surface area is 126 Å². The highest BCUT2D eigenvalue weighted by molar-refractivity contribution is 5.59. The second-order valence-electron chi connectivity index (χ2n) is 5.63. The first-order valence-electron chi connectivity index (χ1n) is 7.67. The van der Waals surface area contributed by atoms with E-state index in [0.29, 0.717) is 6.04 Å². The third-order valence-electron chi connectivity index (χ3n) is 3.94. The summed E-state index contributed by atoms with van der Waals surface area (Å²) in [6.45, 7) is 6.16. The van der Waals surface area contributed by atoms with E-state index >= 15 is 0 Å². The van der Waals surface area contributed by atoms with Gasteiger partial charge in [-0.05, 0) is 31.4 Å². The van der Waals surface area contributed by atoms with E-state index in [1.807, 2.05) is 12.4 Å². The van der Waals surface area contributed by atoms with Crippen LogP contribution in [0.15, 0.2) is 36.7 Å². The molecule has 1 unspecified atom stereocenters. The summed E-state index contributed by atoms with van der Waals surface area (Å²) in [7, 11) is 0. The molecule has 110 valence electrons. The van der Waals surface area contributed by atoms with Gasteiger partial charge in [-0.2, -0.15) is 0 Å². The van der Waals surface area contributed by atoms with Crippen molar-refractivity contribution in [3.05, 3.63) is 47.9 Å². The predicted octanol–water partition coefficient (Wildman–Crippen LogP) is 3.25. The summed E-state index contributed by atoms with van der Waals surface area (Å²) in [6.07, 6.45) is 5.91. The molecule has 2 heterocycles. The Morgan fingerprint density at radius 2 is 2.10 bits per heavy atom. The molecule has 0 aliphatic carbocycles. The Kier molecular flexibility index (Phi) is 4.04. The molecule has 0 radical (unpaired) electrons. The van der Waals surface area contributed by atoms with E-state index in [2.05, 4.69) is 58.3 Å². The lowest BCUT2D eigenvalue weighted by Gasteiger charge is -2.24. The lowest BCUT2D eigenvalue weighted by atomic mass is 10.1. The van der Waals surface area contributed by atoms with Gasteiger partial charge >= 0.3 is 0 Å². The summed E-state index contributed by atoms with van der Waals surface area (Å²) in [5.41, 5.74) is 3.78. The van der Waals surface area contributed by atoms with Crippen LogP contribution < -0.4 is 10.2 Å². The van der Waals surface area contributed by atoms with E-state index in [4.69, 9.17) is 0 Å². The van der Waals surface area contributed by atoms with Crippen LogP contribution in [0, 0.1) is 0 Å². The standard InChI is InChI=1S/C17H22N4/c1-3-8-18-17-11-19-15(10-20-17)12-21-13(2)9-14-6-4-5-7-16(14)21/h4-7,10-11,13H,3,8-9,12H2,1-2H3,(H,18,20). The first-order valence-corrected chi connectivity index (χ1v) is 7.67. The normalized spacial score (nSPS) is 16.9. The number of anilines is 2. The zero-order chi connectivity index (χ0) is 14.7. The van der Waals surface area contributed by atoms with Gasteiger partial charge in [-0.25, -0.2) is 4.98 Å². The van der Waals surface area contributed by atoms with Crippen LogP contribution in [0.4, 0.5) is 11.5 Å². The Bertz CT molecular complexity index is 594. The van der Waals surface area contributed by atoms with Gasteiger partial charge in [0.05, 0.1) is 24.6 Å². The number of hydrogen-bond donors (Lipinski definition) is 1. The molecule has 1 aliphatic heterocycles. The third-order valence-corrected chi connectivity index (χ3v) is 3.94. The molecule has 0 spiro atoms. The van der Waals surface area contributed by atoms with Crippen LogP contribution in [-0.2, 0) is 13.0 Å². The number of hydrogen-bond acceptors (Lipinski definition) is 4. The molecule has 1 aliphatic rings. The first-order chi connectivity index (χ1) is 10.3. The largest absolute Gasteiger partial charge is 0.369 e. The number of benzene rings is 1. The molecule has 21 heavy (non-hydrogen) atoms. The van der Waals surface area contributed by atoms with E-state index in [1.54, 1.807) is 0 Å². The third kappa shape index (κ3) is 2.99. The zero-order valence-corrected chi connectivity index (χ0v) is 12.7. The summed E-state index contributed by atoms with van der Waals surface area (Å²) < 4.78 is 0. The van der Waals surface area contributed by atoms with Crippen LogP contribution in [0.25, 0.3) is 0 Å². The molecular formula is C17H22N4. The average Bonchev–Trinajstić information content (AvgIpc) is 2.83. The van der Waals surface area contributed by atoms with Crippen LogP contribution in [-0.4, -0.2) is 22.6 Å². The van der Waals surface area contributed by atoms with Crippen molar-refractivity contribution in [3.8, 4) is 0 Å². The van der Waals surface area contributed by atoms with Gasteiger partial charge in [0, 0.05) is 18.3 Å². The lowest BCUT2D eigenvalue weighted by molar-refractivity contribution is 0.663. The molecule has 1 aromatic heterocycles. The van der Waals surface area contributed by atoms with Gasteiger partial charge in [0.1, 0.15) is 5.82 Å². The second kappa shape index (κ2) is 6.12. The quantitative estimate of drug-likeness (QED) is 0.914. The maximum atomic E-state index is 4.54.